The molecule has 0 saturated heterocycles. The van der Waals surface area contributed by atoms with Crippen LogP contribution in [0, 0.1) is 0 Å². The van der Waals surface area contributed by atoms with Crippen molar-refractivity contribution in [3.8, 4) is 0 Å². The first-order valence-electron chi connectivity index (χ1n) is 3.69. The van der Waals surface area contributed by atoms with Crippen molar-refractivity contribution in [1.29, 1.82) is 0 Å². The van der Waals surface area contributed by atoms with E-state index in [-0.39, 0.29) is 0 Å². The van der Waals surface area contributed by atoms with Gasteiger partial charge in [-0.05, 0) is 6.42 Å². The molecule has 0 atom stereocenters. The summed E-state index contributed by atoms with van der Waals surface area (Å²) >= 11 is 0. The first kappa shape index (κ1) is 9.30. The van der Waals surface area contributed by atoms with E-state index in [0.717, 1.165) is 6.54 Å². The quantitative estimate of drug-likeness (QED) is 0.479. The van der Waals surface area contributed by atoms with Gasteiger partial charge in [0.05, 0.1) is 0 Å². The van der Waals surface area contributed by atoms with E-state index >= 15 is 0 Å². The number of hydrogen-bond acceptors (Lipinski definition) is 3. The van der Waals surface area contributed by atoms with Gasteiger partial charge in [-0.1, -0.05) is 13.3 Å². The monoisotopic (exact) mass is 143 g/mol. The first-order chi connectivity index (χ1) is 4.81. The molecule has 0 aromatic carbocycles. The number of rotatable bonds is 5. The molecule has 0 saturated carbocycles. The SMILES string of the molecule is CCCCN/C=C(\N)CN. The summed E-state index contributed by atoms with van der Waals surface area (Å²) in [4.78, 5) is 0. The zero-order valence-electron chi connectivity index (χ0n) is 6.56. The van der Waals surface area contributed by atoms with E-state index in [4.69, 9.17) is 11.5 Å². The van der Waals surface area contributed by atoms with Crippen molar-refractivity contribution in [2.75, 3.05) is 13.1 Å². The molecule has 3 nitrogen and oxygen atoms in total. The van der Waals surface area contributed by atoms with E-state index in [1.54, 1.807) is 6.20 Å². The molecule has 10 heavy (non-hydrogen) atoms. The minimum Gasteiger partial charge on any atom is -0.400 e. The average molecular weight is 143 g/mol. The predicted octanol–water partition coefficient (Wildman–Crippen LogP) is 0.135. The molecule has 5 N–H and O–H groups in total. The van der Waals surface area contributed by atoms with E-state index in [9.17, 15) is 0 Å². The van der Waals surface area contributed by atoms with Crippen LogP contribution in [0.15, 0.2) is 11.9 Å². The Morgan fingerprint density at radius 2 is 2.30 bits per heavy atom. The lowest BCUT2D eigenvalue weighted by atomic mass is 10.3. The fraction of sp³-hybridized carbons (Fsp3) is 0.714. The lowest BCUT2D eigenvalue weighted by Crippen LogP contribution is -2.16. The molecule has 0 aromatic heterocycles. The highest BCUT2D eigenvalue weighted by atomic mass is 14.8. The summed E-state index contributed by atoms with van der Waals surface area (Å²) in [5, 5.41) is 3.07. The van der Waals surface area contributed by atoms with Crippen LogP contribution in [0.4, 0.5) is 0 Å². The summed E-state index contributed by atoms with van der Waals surface area (Å²) in [7, 11) is 0. The molecule has 0 aliphatic heterocycles. The Bertz CT molecular complexity index is 99.0. The van der Waals surface area contributed by atoms with Crippen molar-refractivity contribution in [3.05, 3.63) is 11.9 Å². The second kappa shape index (κ2) is 6.42. The van der Waals surface area contributed by atoms with Crippen LogP contribution in [0.3, 0.4) is 0 Å². The van der Waals surface area contributed by atoms with Crippen molar-refractivity contribution < 1.29 is 0 Å². The predicted molar refractivity (Wildman–Crippen MR) is 44.2 cm³/mol. The third-order valence-corrected chi connectivity index (χ3v) is 1.20. The molecule has 60 valence electrons. The average Bonchev–Trinajstić information content (AvgIpc) is 1.98. The lowest BCUT2D eigenvalue weighted by Gasteiger charge is -1.99. The maximum Gasteiger partial charge on any atom is 0.0378 e. The molecule has 0 heterocycles. The van der Waals surface area contributed by atoms with Crippen LogP contribution >= 0.6 is 0 Å². The first-order valence-corrected chi connectivity index (χ1v) is 3.69. The van der Waals surface area contributed by atoms with Gasteiger partial charge in [-0.3, -0.25) is 0 Å². The molecular weight excluding hydrogens is 126 g/mol. The van der Waals surface area contributed by atoms with E-state index in [1.807, 2.05) is 0 Å². The minimum absolute atomic E-state index is 0.430. The van der Waals surface area contributed by atoms with E-state index in [0.29, 0.717) is 12.2 Å². The third kappa shape index (κ3) is 5.44. The molecule has 0 unspecified atom stereocenters. The van der Waals surface area contributed by atoms with Crippen LogP contribution < -0.4 is 16.8 Å². The molecule has 0 radical (unpaired) electrons. The molecule has 0 rings (SSSR count). The molecule has 0 fully saturated rings. The van der Waals surface area contributed by atoms with Gasteiger partial charge in [0.25, 0.3) is 0 Å². The topological polar surface area (TPSA) is 64.1 Å². The number of nitrogens with one attached hydrogen (secondary N) is 1. The van der Waals surface area contributed by atoms with Crippen LogP contribution in [0.2, 0.25) is 0 Å². The van der Waals surface area contributed by atoms with Crippen LogP contribution in [0.1, 0.15) is 19.8 Å². The second-order valence-corrected chi connectivity index (χ2v) is 2.23. The van der Waals surface area contributed by atoms with Gasteiger partial charge in [0.1, 0.15) is 0 Å². The highest BCUT2D eigenvalue weighted by molar-refractivity contribution is 4.95. The van der Waals surface area contributed by atoms with Crippen molar-refractivity contribution >= 4 is 0 Å². The van der Waals surface area contributed by atoms with Crippen LogP contribution in [-0.2, 0) is 0 Å². The summed E-state index contributed by atoms with van der Waals surface area (Å²) < 4.78 is 0. The van der Waals surface area contributed by atoms with Gasteiger partial charge in [0, 0.05) is 25.0 Å². The Morgan fingerprint density at radius 1 is 1.60 bits per heavy atom. The molecule has 0 amide bonds. The van der Waals surface area contributed by atoms with Gasteiger partial charge in [-0.25, -0.2) is 0 Å². The largest absolute Gasteiger partial charge is 0.400 e. The smallest absolute Gasteiger partial charge is 0.0378 e. The van der Waals surface area contributed by atoms with E-state index < -0.39 is 0 Å². The molecule has 0 spiro atoms. The fourth-order valence-electron chi connectivity index (χ4n) is 0.541. The van der Waals surface area contributed by atoms with Crippen molar-refractivity contribution in [3.63, 3.8) is 0 Å². The molecule has 0 aromatic rings. The molecule has 3 heteroatoms. The summed E-state index contributed by atoms with van der Waals surface area (Å²) in [5.74, 6) is 0. The van der Waals surface area contributed by atoms with Crippen LogP contribution in [0.25, 0.3) is 0 Å². The molecular formula is C7H17N3. The Morgan fingerprint density at radius 3 is 2.80 bits per heavy atom. The summed E-state index contributed by atoms with van der Waals surface area (Å²) in [5.41, 5.74) is 11.4. The standard InChI is InChI=1S/C7H17N3/c1-2-3-4-10-6-7(9)5-8/h6,10H,2-5,8-9H2,1H3/b7-6-. The number of nitrogens with two attached hydrogens (primary N) is 2. The lowest BCUT2D eigenvalue weighted by molar-refractivity contribution is 0.730. The number of hydrogen-bond donors (Lipinski definition) is 3. The zero-order valence-corrected chi connectivity index (χ0v) is 6.56. The number of unbranched alkanes of at least 4 members (excludes halogenated alkanes) is 1. The molecule has 0 bridgehead atoms. The van der Waals surface area contributed by atoms with Gasteiger partial charge < -0.3 is 16.8 Å². The summed E-state index contributed by atoms with van der Waals surface area (Å²) in [6.45, 7) is 3.56. The summed E-state index contributed by atoms with van der Waals surface area (Å²) in [6, 6.07) is 0. The molecule has 0 aliphatic carbocycles. The highest BCUT2D eigenvalue weighted by Crippen LogP contribution is 1.82. The van der Waals surface area contributed by atoms with Gasteiger partial charge in [0.2, 0.25) is 0 Å². The Labute approximate surface area is 62.5 Å². The van der Waals surface area contributed by atoms with E-state index in [2.05, 4.69) is 12.2 Å². The fourth-order valence-corrected chi connectivity index (χ4v) is 0.541. The normalized spacial score (nSPS) is 11.6. The Hall–Kier alpha value is -0.700. The van der Waals surface area contributed by atoms with Gasteiger partial charge in [-0.2, -0.15) is 0 Å². The van der Waals surface area contributed by atoms with Crippen LogP contribution in [0.5, 0.6) is 0 Å². The second-order valence-electron chi connectivity index (χ2n) is 2.23. The maximum atomic E-state index is 5.43. The van der Waals surface area contributed by atoms with Gasteiger partial charge >= 0.3 is 0 Å². The third-order valence-electron chi connectivity index (χ3n) is 1.20. The van der Waals surface area contributed by atoms with Crippen LogP contribution in [-0.4, -0.2) is 13.1 Å². The zero-order chi connectivity index (χ0) is 7.82. The minimum atomic E-state index is 0.430. The van der Waals surface area contributed by atoms with Crippen molar-refractivity contribution in [2.24, 2.45) is 11.5 Å². The van der Waals surface area contributed by atoms with Gasteiger partial charge in [0.15, 0.2) is 0 Å². The Balaban J connectivity index is 3.16. The summed E-state index contributed by atoms with van der Waals surface area (Å²) in [6.07, 6.45) is 4.15. The van der Waals surface area contributed by atoms with Crippen molar-refractivity contribution in [2.45, 2.75) is 19.8 Å². The maximum absolute atomic E-state index is 5.43. The van der Waals surface area contributed by atoms with E-state index in [1.165, 1.54) is 12.8 Å². The molecule has 0 aliphatic rings. The van der Waals surface area contributed by atoms with Gasteiger partial charge in [-0.15, -0.1) is 0 Å². The Kier molecular flexibility index (Phi) is 5.97. The van der Waals surface area contributed by atoms with Crippen molar-refractivity contribution in [1.82, 2.24) is 5.32 Å². The highest BCUT2D eigenvalue weighted by Gasteiger charge is 1.82.